The van der Waals surface area contributed by atoms with E-state index in [0.717, 1.165) is 15.4 Å². The fourth-order valence-electron chi connectivity index (χ4n) is 3.08. The molecule has 3 aromatic rings. The molecule has 0 heterocycles. The highest BCUT2D eigenvalue weighted by molar-refractivity contribution is 7.89. The lowest BCUT2D eigenvalue weighted by Gasteiger charge is -2.22. The van der Waals surface area contributed by atoms with Gasteiger partial charge in [0, 0.05) is 17.3 Å². The molecule has 174 valence electrons. The lowest BCUT2D eigenvalue weighted by Crippen LogP contribution is -2.37. The molecule has 0 atom stereocenters. The quantitative estimate of drug-likeness (QED) is 0.484. The second kappa shape index (κ2) is 10.0. The van der Waals surface area contributed by atoms with Crippen LogP contribution in [0.4, 0.5) is 5.69 Å². The molecule has 0 aliphatic heterocycles. The number of nitrogens with two attached hydrogens (primary N) is 1. The van der Waals surface area contributed by atoms with E-state index in [0.29, 0.717) is 10.7 Å². The number of carbonyl (C=O) groups is 1. The Labute approximate surface area is 198 Å². The molecule has 33 heavy (non-hydrogen) atoms. The molecule has 1 amide bonds. The first kappa shape index (κ1) is 24.9. The highest BCUT2D eigenvalue weighted by Crippen LogP contribution is 2.21. The lowest BCUT2D eigenvalue weighted by atomic mass is 10.1. The second-order valence-electron chi connectivity index (χ2n) is 7.33. The van der Waals surface area contributed by atoms with Crippen LogP contribution in [-0.4, -0.2) is 33.6 Å². The standard InChI is InChI=1S/C22H22ClN3O5S2/c1-16-3-2-4-17(13-16)14-26(33(30,31)21-9-5-18(23)6-10-21)15-22(27)25-19-7-11-20(12-8-19)32(24,28)29/h2-13H,14-15H2,1H3,(H,25,27)(H2,24,28,29). The molecular weight excluding hydrogens is 486 g/mol. The molecule has 0 aliphatic carbocycles. The third-order valence-corrected chi connectivity index (χ3v) is 7.67. The van der Waals surface area contributed by atoms with Crippen molar-refractivity contribution < 1.29 is 21.6 Å². The molecule has 0 bridgehead atoms. The van der Waals surface area contributed by atoms with Crippen LogP contribution in [0.1, 0.15) is 11.1 Å². The number of benzene rings is 3. The van der Waals surface area contributed by atoms with Gasteiger partial charge in [-0.3, -0.25) is 4.79 Å². The number of nitrogens with zero attached hydrogens (tertiary/aromatic N) is 1. The Morgan fingerprint density at radius 2 is 1.55 bits per heavy atom. The molecular formula is C22H22ClN3O5S2. The summed E-state index contributed by atoms with van der Waals surface area (Å²) < 4.78 is 50.4. The number of anilines is 1. The Kier molecular flexibility index (Phi) is 7.55. The summed E-state index contributed by atoms with van der Waals surface area (Å²) in [6.07, 6.45) is 0. The number of primary sulfonamides is 1. The number of nitrogens with one attached hydrogen (secondary N) is 1. The Bertz CT molecular complexity index is 1360. The minimum absolute atomic E-state index is 0.00450. The van der Waals surface area contributed by atoms with Crippen LogP contribution >= 0.6 is 11.6 Å². The predicted molar refractivity (Wildman–Crippen MR) is 127 cm³/mol. The lowest BCUT2D eigenvalue weighted by molar-refractivity contribution is -0.116. The number of aryl methyl sites for hydroxylation is 1. The predicted octanol–water partition coefficient (Wildman–Crippen LogP) is 3.13. The zero-order valence-electron chi connectivity index (χ0n) is 17.6. The highest BCUT2D eigenvalue weighted by Gasteiger charge is 2.27. The van der Waals surface area contributed by atoms with Gasteiger partial charge in [-0.2, -0.15) is 4.31 Å². The fraction of sp³-hybridized carbons (Fsp3) is 0.136. The number of hydrogen-bond acceptors (Lipinski definition) is 5. The average molecular weight is 508 g/mol. The molecule has 0 radical (unpaired) electrons. The molecule has 0 aromatic heterocycles. The Morgan fingerprint density at radius 1 is 0.939 bits per heavy atom. The van der Waals surface area contributed by atoms with Gasteiger partial charge in [-0.25, -0.2) is 22.0 Å². The van der Waals surface area contributed by atoms with Crippen molar-refractivity contribution in [1.29, 1.82) is 0 Å². The van der Waals surface area contributed by atoms with Gasteiger partial charge in [-0.05, 0) is 61.0 Å². The van der Waals surface area contributed by atoms with Crippen molar-refractivity contribution in [3.05, 3.63) is 88.9 Å². The number of carbonyl (C=O) groups excluding carboxylic acids is 1. The van der Waals surface area contributed by atoms with Gasteiger partial charge in [0.05, 0.1) is 16.3 Å². The number of halogens is 1. The van der Waals surface area contributed by atoms with Crippen molar-refractivity contribution in [2.45, 2.75) is 23.3 Å². The number of rotatable bonds is 8. The van der Waals surface area contributed by atoms with Gasteiger partial charge < -0.3 is 5.32 Å². The van der Waals surface area contributed by atoms with Gasteiger partial charge in [0.25, 0.3) is 0 Å². The maximum atomic E-state index is 13.3. The monoisotopic (exact) mass is 507 g/mol. The Morgan fingerprint density at radius 3 is 2.12 bits per heavy atom. The third-order valence-electron chi connectivity index (χ3n) is 4.68. The summed E-state index contributed by atoms with van der Waals surface area (Å²) in [5.41, 5.74) is 1.97. The molecule has 0 spiro atoms. The molecule has 0 unspecified atom stereocenters. The highest BCUT2D eigenvalue weighted by atomic mass is 35.5. The van der Waals surface area contributed by atoms with Gasteiger partial charge in [-0.1, -0.05) is 41.4 Å². The van der Waals surface area contributed by atoms with Gasteiger partial charge in [0.15, 0.2) is 0 Å². The van der Waals surface area contributed by atoms with Crippen LogP contribution in [0, 0.1) is 6.92 Å². The molecule has 0 saturated carbocycles. The summed E-state index contributed by atoms with van der Waals surface area (Å²) in [4.78, 5) is 12.6. The molecule has 0 fully saturated rings. The number of amides is 1. The fourth-order valence-corrected chi connectivity index (χ4v) is 5.11. The van der Waals surface area contributed by atoms with E-state index >= 15 is 0 Å². The third kappa shape index (κ3) is 6.62. The first-order chi connectivity index (χ1) is 15.4. The van der Waals surface area contributed by atoms with Crippen molar-refractivity contribution in [1.82, 2.24) is 4.31 Å². The summed E-state index contributed by atoms with van der Waals surface area (Å²) in [5.74, 6) is -0.594. The van der Waals surface area contributed by atoms with E-state index in [1.54, 1.807) is 6.07 Å². The topological polar surface area (TPSA) is 127 Å². The van der Waals surface area contributed by atoms with Crippen LogP contribution in [-0.2, 0) is 31.4 Å². The molecule has 0 saturated heterocycles. The first-order valence-corrected chi connectivity index (χ1v) is 13.1. The number of hydrogen-bond donors (Lipinski definition) is 2. The summed E-state index contributed by atoms with van der Waals surface area (Å²) in [6, 6.07) is 18.3. The minimum Gasteiger partial charge on any atom is -0.325 e. The summed E-state index contributed by atoms with van der Waals surface area (Å²) in [7, 11) is -7.89. The van der Waals surface area contributed by atoms with Crippen molar-refractivity contribution in [3.63, 3.8) is 0 Å². The molecule has 8 nitrogen and oxygen atoms in total. The smallest absolute Gasteiger partial charge is 0.243 e. The van der Waals surface area contributed by atoms with Crippen molar-refractivity contribution in [2.24, 2.45) is 5.14 Å². The number of sulfonamides is 2. The average Bonchev–Trinajstić information content (AvgIpc) is 2.73. The van der Waals surface area contributed by atoms with Crippen LogP contribution in [0.3, 0.4) is 0 Å². The maximum absolute atomic E-state index is 13.3. The SMILES string of the molecule is Cc1cccc(CN(CC(=O)Nc2ccc(S(N)(=O)=O)cc2)S(=O)(=O)c2ccc(Cl)cc2)c1. The van der Waals surface area contributed by atoms with E-state index in [9.17, 15) is 21.6 Å². The molecule has 3 N–H and O–H groups in total. The van der Waals surface area contributed by atoms with Gasteiger partial charge in [-0.15, -0.1) is 0 Å². The molecule has 3 aromatic carbocycles. The molecule has 0 aliphatic rings. The van der Waals surface area contributed by atoms with E-state index in [-0.39, 0.29) is 16.3 Å². The van der Waals surface area contributed by atoms with Crippen molar-refractivity contribution >= 4 is 43.2 Å². The van der Waals surface area contributed by atoms with Crippen LogP contribution in [0.5, 0.6) is 0 Å². The van der Waals surface area contributed by atoms with Crippen LogP contribution in [0.2, 0.25) is 5.02 Å². The van der Waals surface area contributed by atoms with Gasteiger partial charge in [0.1, 0.15) is 0 Å². The van der Waals surface area contributed by atoms with E-state index < -0.39 is 32.5 Å². The summed E-state index contributed by atoms with van der Waals surface area (Å²) >= 11 is 5.88. The first-order valence-electron chi connectivity index (χ1n) is 9.69. The Hall–Kier alpha value is -2.76. The van der Waals surface area contributed by atoms with Crippen molar-refractivity contribution in [3.8, 4) is 0 Å². The van der Waals surface area contributed by atoms with Crippen LogP contribution in [0.25, 0.3) is 0 Å². The van der Waals surface area contributed by atoms with E-state index in [4.69, 9.17) is 16.7 Å². The largest absolute Gasteiger partial charge is 0.325 e. The Balaban J connectivity index is 1.85. The molecule has 11 heteroatoms. The zero-order chi connectivity index (χ0) is 24.2. The zero-order valence-corrected chi connectivity index (χ0v) is 20.0. The van der Waals surface area contributed by atoms with Crippen molar-refractivity contribution in [2.75, 3.05) is 11.9 Å². The van der Waals surface area contributed by atoms with E-state index in [1.807, 2.05) is 25.1 Å². The second-order valence-corrected chi connectivity index (χ2v) is 11.3. The minimum atomic E-state index is -4.02. The van der Waals surface area contributed by atoms with Gasteiger partial charge in [0.2, 0.25) is 26.0 Å². The van der Waals surface area contributed by atoms with Crippen LogP contribution in [0.15, 0.2) is 82.6 Å². The van der Waals surface area contributed by atoms with E-state index in [2.05, 4.69) is 5.32 Å². The van der Waals surface area contributed by atoms with Gasteiger partial charge >= 0.3 is 0 Å². The van der Waals surface area contributed by atoms with Crippen LogP contribution < -0.4 is 10.5 Å². The molecule has 3 rings (SSSR count). The summed E-state index contributed by atoms with van der Waals surface area (Å²) in [6.45, 7) is 1.40. The van der Waals surface area contributed by atoms with E-state index in [1.165, 1.54) is 48.5 Å². The maximum Gasteiger partial charge on any atom is 0.243 e. The normalized spacial score (nSPS) is 12.0. The summed E-state index contributed by atoms with van der Waals surface area (Å²) in [5, 5.41) is 8.04.